The van der Waals surface area contributed by atoms with Crippen molar-refractivity contribution in [2.24, 2.45) is 11.7 Å². The molecule has 2 atom stereocenters. The number of nitrogens with zero attached hydrogens (tertiary/aromatic N) is 1. The van der Waals surface area contributed by atoms with Crippen LogP contribution in [0.4, 0.5) is 0 Å². The molecule has 0 aromatic carbocycles. The topological polar surface area (TPSA) is 66.6 Å². The largest absolute Gasteiger partial charge is 0.391 e. The van der Waals surface area contributed by atoms with Crippen molar-refractivity contribution in [3.8, 4) is 0 Å². The van der Waals surface area contributed by atoms with Crippen molar-refractivity contribution >= 4 is 6.29 Å². The van der Waals surface area contributed by atoms with Crippen molar-refractivity contribution < 1.29 is 9.90 Å². The van der Waals surface area contributed by atoms with Crippen LogP contribution in [0.15, 0.2) is 0 Å². The van der Waals surface area contributed by atoms with Gasteiger partial charge < -0.3 is 20.5 Å². The van der Waals surface area contributed by atoms with Crippen molar-refractivity contribution in [1.29, 1.82) is 0 Å². The summed E-state index contributed by atoms with van der Waals surface area (Å²) >= 11 is 0. The van der Waals surface area contributed by atoms with Gasteiger partial charge in [-0.05, 0) is 27.1 Å². The van der Waals surface area contributed by atoms with Crippen molar-refractivity contribution in [2.45, 2.75) is 26.4 Å². The number of piperidine rings is 1. The number of carbonyl (C=O) groups excluding carboxylic acids is 1. The highest BCUT2D eigenvalue weighted by Gasteiger charge is 2.24. The van der Waals surface area contributed by atoms with Gasteiger partial charge in [-0.2, -0.15) is 0 Å². The molecular formula is C10H24N2O2. The van der Waals surface area contributed by atoms with Gasteiger partial charge in [-0.1, -0.05) is 13.8 Å². The summed E-state index contributed by atoms with van der Waals surface area (Å²) in [5.74, 6) is -0.129. The summed E-state index contributed by atoms with van der Waals surface area (Å²) in [6, 6.07) is 0. The minimum absolute atomic E-state index is 0.129. The Morgan fingerprint density at radius 1 is 1.43 bits per heavy atom. The second-order valence-electron chi connectivity index (χ2n) is 2.92. The van der Waals surface area contributed by atoms with Crippen LogP contribution in [-0.4, -0.2) is 49.6 Å². The molecule has 0 radical (unpaired) electrons. The summed E-state index contributed by atoms with van der Waals surface area (Å²) in [5, 5.41) is 9.27. The van der Waals surface area contributed by atoms with Crippen molar-refractivity contribution in [3.05, 3.63) is 0 Å². The molecule has 1 rings (SSSR count). The number of aldehydes is 1. The number of nitrogens with two attached hydrogens (primary N) is 1. The molecule has 1 aliphatic heterocycles. The zero-order valence-corrected chi connectivity index (χ0v) is 9.73. The third-order valence-electron chi connectivity index (χ3n) is 2.01. The lowest BCUT2D eigenvalue weighted by atomic mass is 9.96. The van der Waals surface area contributed by atoms with Crippen molar-refractivity contribution in [1.82, 2.24) is 4.90 Å². The van der Waals surface area contributed by atoms with Crippen LogP contribution in [0.5, 0.6) is 0 Å². The second kappa shape index (κ2) is 10.6. The molecule has 0 saturated carbocycles. The molecule has 2 unspecified atom stereocenters. The quantitative estimate of drug-likeness (QED) is 0.594. The summed E-state index contributed by atoms with van der Waals surface area (Å²) in [5.41, 5.74) is 4.50. The van der Waals surface area contributed by atoms with Gasteiger partial charge >= 0.3 is 0 Å². The fourth-order valence-corrected chi connectivity index (χ4v) is 1.27. The number of carbonyl (C=O) groups is 1. The van der Waals surface area contributed by atoms with E-state index in [1.807, 2.05) is 25.8 Å². The Kier molecular flexibility index (Phi) is 12.1. The molecule has 0 aromatic heterocycles. The minimum Gasteiger partial charge on any atom is -0.391 e. The third kappa shape index (κ3) is 6.07. The number of hydrogen-bond donors (Lipinski definition) is 2. The molecule has 3 N–H and O–H groups in total. The van der Waals surface area contributed by atoms with E-state index in [1.54, 1.807) is 0 Å². The molecule has 1 fully saturated rings. The van der Waals surface area contributed by atoms with Gasteiger partial charge in [0.2, 0.25) is 0 Å². The van der Waals surface area contributed by atoms with E-state index in [2.05, 4.69) is 5.73 Å². The smallest absolute Gasteiger partial charge is 0.125 e. The SMILES string of the molecule is CC.CN.CN1CCC(C=O)C(O)C1. The number of aliphatic hydroxyl groups is 1. The normalized spacial score (nSPS) is 26.4. The predicted molar refractivity (Wildman–Crippen MR) is 59.1 cm³/mol. The standard InChI is InChI=1S/C7H13NO2.C2H6.CH5N/c1-8-3-2-6(5-9)7(10)4-8;2*1-2/h5-7,10H,2-4H2,1H3;1-2H3;2H2,1H3. The van der Waals surface area contributed by atoms with Crippen LogP contribution in [0, 0.1) is 5.92 Å². The second-order valence-corrected chi connectivity index (χ2v) is 2.92. The highest BCUT2D eigenvalue weighted by molar-refractivity contribution is 5.54. The first-order chi connectivity index (χ1) is 6.74. The van der Waals surface area contributed by atoms with Crippen LogP contribution in [0.25, 0.3) is 0 Å². The lowest BCUT2D eigenvalue weighted by Crippen LogP contribution is -2.42. The molecule has 4 nitrogen and oxygen atoms in total. The first-order valence-electron chi connectivity index (χ1n) is 5.13. The molecule has 0 bridgehead atoms. The molecule has 1 heterocycles. The van der Waals surface area contributed by atoms with E-state index in [-0.39, 0.29) is 5.92 Å². The van der Waals surface area contributed by atoms with Gasteiger partial charge in [-0.3, -0.25) is 0 Å². The number of hydrogen-bond acceptors (Lipinski definition) is 4. The van der Waals surface area contributed by atoms with Crippen molar-refractivity contribution in [2.75, 3.05) is 27.2 Å². The highest BCUT2D eigenvalue weighted by Crippen LogP contribution is 2.13. The number of rotatable bonds is 1. The van der Waals surface area contributed by atoms with Crippen LogP contribution in [0.1, 0.15) is 20.3 Å². The predicted octanol–water partition coefficient (Wildman–Crippen LogP) is 0.0990. The number of β-amino-alcohol motifs (C(OH)–C–C–N with tert-alkyl or cyclic N) is 1. The van der Waals surface area contributed by atoms with Gasteiger partial charge in [-0.25, -0.2) is 0 Å². The van der Waals surface area contributed by atoms with Gasteiger partial charge in [0, 0.05) is 12.5 Å². The Labute approximate surface area is 87.1 Å². The van der Waals surface area contributed by atoms with E-state index in [9.17, 15) is 9.90 Å². The molecule has 0 aliphatic carbocycles. The van der Waals surface area contributed by atoms with Crippen LogP contribution in [0.2, 0.25) is 0 Å². The lowest BCUT2D eigenvalue weighted by Gasteiger charge is -2.30. The van der Waals surface area contributed by atoms with Crippen LogP contribution < -0.4 is 5.73 Å². The fourth-order valence-electron chi connectivity index (χ4n) is 1.27. The lowest BCUT2D eigenvalue weighted by molar-refractivity contribution is -0.116. The zero-order chi connectivity index (χ0) is 11.6. The number of likely N-dealkylation sites (N-methyl/N-ethyl adjacent to an activating group) is 1. The van der Waals surface area contributed by atoms with Gasteiger partial charge in [0.25, 0.3) is 0 Å². The molecule has 0 spiro atoms. The Morgan fingerprint density at radius 3 is 2.29 bits per heavy atom. The Bertz CT molecular complexity index is 131. The third-order valence-corrected chi connectivity index (χ3v) is 2.01. The van der Waals surface area contributed by atoms with Crippen LogP contribution in [0.3, 0.4) is 0 Å². The first kappa shape index (κ1) is 16.0. The number of aliphatic hydroxyl groups excluding tert-OH is 1. The summed E-state index contributed by atoms with van der Waals surface area (Å²) < 4.78 is 0. The van der Waals surface area contributed by atoms with E-state index in [4.69, 9.17) is 0 Å². The Morgan fingerprint density at radius 2 is 1.93 bits per heavy atom. The monoisotopic (exact) mass is 204 g/mol. The van der Waals surface area contributed by atoms with E-state index in [0.29, 0.717) is 6.54 Å². The summed E-state index contributed by atoms with van der Waals surface area (Å²) in [4.78, 5) is 12.3. The molecule has 86 valence electrons. The molecular weight excluding hydrogens is 180 g/mol. The van der Waals surface area contributed by atoms with E-state index < -0.39 is 6.10 Å². The van der Waals surface area contributed by atoms with Crippen LogP contribution >= 0.6 is 0 Å². The average Bonchev–Trinajstić information content (AvgIpc) is 2.24. The Hall–Kier alpha value is -0.450. The highest BCUT2D eigenvalue weighted by atomic mass is 16.3. The number of likely N-dealkylation sites (tertiary alicyclic amines) is 1. The zero-order valence-electron chi connectivity index (χ0n) is 9.73. The summed E-state index contributed by atoms with van der Waals surface area (Å²) in [7, 11) is 3.45. The Balaban J connectivity index is 0. The minimum atomic E-state index is -0.448. The van der Waals surface area contributed by atoms with Gasteiger partial charge in [0.15, 0.2) is 0 Å². The van der Waals surface area contributed by atoms with Crippen LogP contribution in [-0.2, 0) is 4.79 Å². The molecule has 0 aromatic rings. The van der Waals surface area contributed by atoms with Crippen molar-refractivity contribution in [3.63, 3.8) is 0 Å². The molecule has 1 saturated heterocycles. The van der Waals surface area contributed by atoms with Gasteiger partial charge in [0.05, 0.1) is 6.10 Å². The first-order valence-corrected chi connectivity index (χ1v) is 5.13. The van der Waals surface area contributed by atoms with E-state index in [1.165, 1.54) is 7.05 Å². The molecule has 0 amide bonds. The molecule has 4 heteroatoms. The molecule has 14 heavy (non-hydrogen) atoms. The maximum atomic E-state index is 10.3. The maximum Gasteiger partial charge on any atom is 0.125 e. The fraction of sp³-hybridized carbons (Fsp3) is 0.900. The van der Waals surface area contributed by atoms with E-state index >= 15 is 0 Å². The maximum absolute atomic E-state index is 10.3. The summed E-state index contributed by atoms with van der Waals surface area (Å²) in [6.45, 7) is 5.55. The van der Waals surface area contributed by atoms with Gasteiger partial charge in [-0.15, -0.1) is 0 Å². The summed E-state index contributed by atoms with van der Waals surface area (Å²) in [6.07, 6.45) is 1.20. The van der Waals surface area contributed by atoms with E-state index in [0.717, 1.165) is 19.3 Å². The molecule has 1 aliphatic rings. The average molecular weight is 204 g/mol. The van der Waals surface area contributed by atoms with Gasteiger partial charge in [0.1, 0.15) is 6.29 Å².